The summed E-state index contributed by atoms with van der Waals surface area (Å²) < 4.78 is 29.5. The first-order valence-corrected chi connectivity index (χ1v) is 16.6. The molecule has 2 aromatic carbocycles. The zero-order valence-electron chi connectivity index (χ0n) is 30.2. The lowest BCUT2D eigenvalue weighted by Gasteiger charge is -2.45. The number of carbonyl (C=O) groups is 5. The molecule has 2 aromatic rings. The van der Waals surface area contributed by atoms with E-state index < -0.39 is 65.3 Å². The van der Waals surface area contributed by atoms with Gasteiger partial charge in [-0.05, 0) is 76.8 Å². The van der Waals surface area contributed by atoms with E-state index in [0.717, 1.165) is 16.7 Å². The van der Waals surface area contributed by atoms with E-state index in [-0.39, 0.29) is 18.9 Å². The SMILES string of the molecule is C=Cc1ccc(CNC(=O)CCc2ccc(O[C@@H]3O[C@H](COC(=O)C(C)(C)C)[C@@H](OC(C)=O)[C@H](OC(=O)C(C)(C)C)[C@@H]3NC(C)=O)cc2)cc1. The van der Waals surface area contributed by atoms with E-state index in [1.807, 2.05) is 24.3 Å². The Balaban J connectivity index is 1.80. The molecule has 2 amide bonds. The van der Waals surface area contributed by atoms with E-state index in [4.69, 9.17) is 23.7 Å². The first-order valence-electron chi connectivity index (χ1n) is 16.6. The molecule has 12 heteroatoms. The van der Waals surface area contributed by atoms with Crippen molar-refractivity contribution in [2.75, 3.05) is 6.61 Å². The normalized spacial score (nSPS) is 20.5. The summed E-state index contributed by atoms with van der Waals surface area (Å²) >= 11 is 0. The van der Waals surface area contributed by atoms with Gasteiger partial charge in [-0.25, -0.2) is 0 Å². The van der Waals surface area contributed by atoms with Crippen molar-refractivity contribution in [1.82, 2.24) is 10.6 Å². The Morgan fingerprint density at radius 1 is 0.820 bits per heavy atom. The molecule has 272 valence electrons. The highest BCUT2D eigenvalue weighted by atomic mass is 16.7. The Bertz CT molecular complexity index is 1510. The van der Waals surface area contributed by atoms with Crippen molar-refractivity contribution < 1.29 is 47.7 Å². The van der Waals surface area contributed by atoms with E-state index in [2.05, 4.69) is 17.2 Å². The van der Waals surface area contributed by atoms with E-state index in [9.17, 15) is 24.0 Å². The second-order valence-electron chi connectivity index (χ2n) is 14.3. The second kappa shape index (κ2) is 17.3. The number of amides is 2. The van der Waals surface area contributed by atoms with E-state index in [1.165, 1.54) is 13.8 Å². The maximum absolute atomic E-state index is 13.2. The summed E-state index contributed by atoms with van der Waals surface area (Å²) in [6.07, 6.45) is -2.42. The topological polar surface area (TPSA) is 156 Å². The molecule has 0 aliphatic carbocycles. The third-order valence-corrected chi connectivity index (χ3v) is 7.69. The molecule has 0 unspecified atom stereocenters. The lowest BCUT2D eigenvalue weighted by molar-refractivity contribution is -0.259. The number of hydrogen-bond donors (Lipinski definition) is 2. The lowest BCUT2D eigenvalue weighted by atomic mass is 9.93. The summed E-state index contributed by atoms with van der Waals surface area (Å²) in [4.78, 5) is 63.0. The van der Waals surface area contributed by atoms with Crippen molar-refractivity contribution in [2.24, 2.45) is 10.8 Å². The molecule has 0 aromatic heterocycles. The number of esters is 3. The fraction of sp³-hybridized carbons (Fsp3) is 0.500. The molecule has 1 saturated heterocycles. The van der Waals surface area contributed by atoms with Crippen LogP contribution in [0.5, 0.6) is 5.75 Å². The number of benzene rings is 2. The van der Waals surface area contributed by atoms with Gasteiger partial charge in [0.25, 0.3) is 0 Å². The highest BCUT2D eigenvalue weighted by molar-refractivity contribution is 5.77. The monoisotopic (exact) mass is 694 g/mol. The van der Waals surface area contributed by atoms with Crippen molar-refractivity contribution >= 4 is 35.8 Å². The van der Waals surface area contributed by atoms with Crippen LogP contribution in [0.1, 0.15) is 78.5 Å². The van der Waals surface area contributed by atoms with Crippen molar-refractivity contribution in [3.05, 3.63) is 71.8 Å². The maximum atomic E-state index is 13.2. The fourth-order valence-electron chi connectivity index (χ4n) is 4.86. The Morgan fingerprint density at radius 2 is 1.42 bits per heavy atom. The minimum atomic E-state index is -1.27. The predicted molar refractivity (Wildman–Crippen MR) is 185 cm³/mol. The van der Waals surface area contributed by atoms with Gasteiger partial charge in [-0.1, -0.05) is 49.1 Å². The van der Waals surface area contributed by atoms with Gasteiger partial charge in [-0.3, -0.25) is 24.0 Å². The first kappa shape index (κ1) is 39.7. The molecule has 0 bridgehead atoms. The van der Waals surface area contributed by atoms with E-state index in [1.54, 1.807) is 71.9 Å². The van der Waals surface area contributed by atoms with Crippen LogP contribution in [-0.4, -0.2) is 67.0 Å². The largest absolute Gasteiger partial charge is 0.463 e. The quantitative estimate of drug-likeness (QED) is 0.223. The first-order chi connectivity index (χ1) is 23.4. The zero-order chi connectivity index (χ0) is 37.2. The van der Waals surface area contributed by atoms with Crippen molar-refractivity contribution in [3.63, 3.8) is 0 Å². The smallest absolute Gasteiger partial charge is 0.311 e. The van der Waals surface area contributed by atoms with Crippen LogP contribution in [-0.2, 0) is 55.9 Å². The lowest BCUT2D eigenvalue weighted by Crippen LogP contribution is -2.67. The Morgan fingerprint density at radius 3 is 1.96 bits per heavy atom. The summed E-state index contributed by atoms with van der Waals surface area (Å²) in [6.45, 7) is 16.3. The van der Waals surface area contributed by atoms with Crippen LogP contribution < -0.4 is 15.4 Å². The van der Waals surface area contributed by atoms with Gasteiger partial charge in [0.1, 0.15) is 24.5 Å². The number of ether oxygens (including phenoxy) is 5. The van der Waals surface area contributed by atoms with Gasteiger partial charge >= 0.3 is 17.9 Å². The standard InChI is InChI=1S/C38H50N2O10/c1-10-25-11-13-27(14-12-25)21-39-30(43)20-17-26-15-18-28(19-16-26)48-34-31(40-23(2)41)33(50-36(45)38(7,8)9)32(47-24(3)42)29(49-34)22-46-35(44)37(4,5)6/h10-16,18-19,29,31-34H,1,17,20-22H2,2-9H3,(H,39,43)(H,40,41)/t29-,31+,32-,33-,34-/m1/s1. The third-order valence-electron chi connectivity index (χ3n) is 7.69. The summed E-state index contributed by atoms with van der Waals surface area (Å²) in [6, 6.07) is 13.6. The van der Waals surface area contributed by atoms with Crippen LogP contribution in [0.25, 0.3) is 6.08 Å². The van der Waals surface area contributed by atoms with Crippen molar-refractivity contribution in [3.8, 4) is 5.75 Å². The minimum Gasteiger partial charge on any atom is -0.463 e. The van der Waals surface area contributed by atoms with Crippen LogP contribution in [0.15, 0.2) is 55.1 Å². The van der Waals surface area contributed by atoms with Gasteiger partial charge in [0.05, 0.1) is 10.8 Å². The van der Waals surface area contributed by atoms with Crippen LogP contribution in [0, 0.1) is 10.8 Å². The summed E-state index contributed by atoms with van der Waals surface area (Å²) in [5.74, 6) is -2.08. The van der Waals surface area contributed by atoms with Crippen LogP contribution in [0.2, 0.25) is 0 Å². The van der Waals surface area contributed by atoms with Gasteiger partial charge in [0.15, 0.2) is 12.2 Å². The molecule has 0 saturated carbocycles. The second-order valence-corrected chi connectivity index (χ2v) is 14.3. The molecule has 0 radical (unpaired) electrons. The number of hydrogen-bond acceptors (Lipinski definition) is 10. The number of aryl methyl sites for hydroxylation is 1. The molecule has 1 fully saturated rings. The fourth-order valence-corrected chi connectivity index (χ4v) is 4.86. The highest BCUT2D eigenvalue weighted by Crippen LogP contribution is 2.31. The van der Waals surface area contributed by atoms with Crippen LogP contribution in [0.3, 0.4) is 0 Å². The molecule has 5 atom stereocenters. The average Bonchev–Trinajstić information content (AvgIpc) is 3.03. The molecule has 1 aliphatic rings. The minimum absolute atomic E-state index is 0.0942. The third kappa shape index (κ3) is 12.0. The average molecular weight is 695 g/mol. The molecule has 50 heavy (non-hydrogen) atoms. The van der Waals surface area contributed by atoms with Crippen molar-refractivity contribution in [2.45, 2.75) is 105 Å². The number of rotatable bonds is 13. The Hall–Kier alpha value is -4.71. The summed E-state index contributed by atoms with van der Waals surface area (Å²) in [7, 11) is 0. The highest BCUT2D eigenvalue weighted by Gasteiger charge is 2.53. The molecule has 3 rings (SSSR count). The van der Waals surface area contributed by atoms with Gasteiger partial charge in [0.2, 0.25) is 18.1 Å². The van der Waals surface area contributed by atoms with Gasteiger partial charge in [-0.15, -0.1) is 0 Å². The van der Waals surface area contributed by atoms with Gasteiger partial charge in [0, 0.05) is 26.8 Å². The molecule has 0 spiro atoms. The molecular weight excluding hydrogens is 644 g/mol. The van der Waals surface area contributed by atoms with Gasteiger partial charge < -0.3 is 34.3 Å². The molecule has 2 N–H and O–H groups in total. The molecule has 1 aliphatic heterocycles. The summed E-state index contributed by atoms with van der Waals surface area (Å²) in [5.41, 5.74) is 1.08. The Kier molecular flexibility index (Phi) is 13.7. The number of carbonyl (C=O) groups excluding carboxylic acids is 5. The maximum Gasteiger partial charge on any atom is 0.311 e. The molecule has 12 nitrogen and oxygen atoms in total. The zero-order valence-corrected chi connectivity index (χ0v) is 30.2. The van der Waals surface area contributed by atoms with Gasteiger partial charge in [-0.2, -0.15) is 0 Å². The number of nitrogens with one attached hydrogen (secondary N) is 2. The van der Waals surface area contributed by atoms with Crippen LogP contribution in [0.4, 0.5) is 0 Å². The van der Waals surface area contributed by atoms with E-state index in [0.29, 0.717) is 18.7 Å². The Labute approximate surface area is 294 Å². The molecular formula is C38H50N2O10. The van der Waals surface area contributed by atoms with Crippen LogP contribution >= 0.6 is 0 Å². The molecule has 1 heterocycles. The predicted octanol–water partition coefficient (Wildman–Crippen LogP) is 4.67. The van der Waals surface area contributed by atoms with E-state index >= 15 is 0 Å². The summed E-state index contributed by atoms with van der Waals surface area (Å²) in [5, 5.41) is 5.66. The van der Waals surface area contributed by atoms with Crippen molar-refractivity contribution in [1.29, 1.82) is 0 Å².